The minimum Gasteiger partial charge on any atom is -0.465 e. The van der Waals surface area contributed by atoms with Crippen LogP contribution >= 0.6 is 15.9 Å². The van der Waals surface area contributed by atoms with Crippen molar-refractivity contribution in [3.05, 3.63) is 28.2 Å². The van der Waals surface area contributed by atoms with Gasteiger partial charge in [0, 0.05) is 4.47 Å². The summed E-state index contributed by atoms with van der Waals surface area (Å²) in [6, 6.07) is 4.88. The van der Waals surface area contributed by atoms with Gasteiger partial charge in [0.2, 0.25) is 0 Å². The Labute approximate surface area is 112 Å². The van der Waals surface area contributed by atoms with Gasteiger partial charge < -0.3 is 4.74 Å². The van der Waals surface area contributed by atoms with Crippen LogP contribution in [0.15, 0.2) is 22.7 Å². The third kappa shape index (κ3) is 2.15. The Kier molecular flexibility index (Phi) is 3.47. The van der Waals surface area contributed by atoms with Crippen molar-refractivity contribution in [3.8, 4) is 0 Å². The first-order chi connectivity index (χ1) is 8.54. The molecular weight excluding hydrogens is 302 g/mol. The van der Waals surface area contributed by atoms with E-state index in [9.17, 15) is 14.4 Å². The lowest BCUT2D eigenvalue weighted by atomic mass is 10.1. The molecule has 0 saturated heterocycles. The minimum absolute atomic E-state index is 0.236. The number of rotatable bonds is 3. The Morgan fingerprint density at radius 1 is 1.39 bits per heavy atom. The predicted octanol–water partition coefficient (Wildman–Crippen LogP) is 1.54. The van der Waals surface area contributed by atoms with Crippen LogP contribution in [0.4, 0.5) is 5.69 Å². The SMILES string of the molecule is CCOC(=O)CN1C(=O)C(=O)c2ccc(Br)cc21. The third-order valence-corrected chi connectivity index (χ3v) is 3.02. The Morgan fingerprint density at radius 2 is 2.11 bits per heavy atom. The number of ether oxygens (including phenoxy) is 1. The van der Waals surface area contributed by atoms with Crippen LogP contribution in [0.1, 0.15) is 17.3 Å². The number of esters is 1. The molecule has 0 spiro atoms. The van der Waals surface area contributed by atoms with E-state index in [2.05, 4.69) is 15.9 Å². The quantitative estimate of drug-likeness (QED) is 0.627. The van der Waals surface area contributed by atoms with Crippen molar-refractivity contribution in [3.63, 3.8) is 0 Å². The number of anilines is 1. The fourth-order valence-corrected chi connectivity index (χ4v) is 2.11. The largest absolute Gasteiger partial charge is 0.465 e. The number of ketones is 1. The van der Waals surface area contributed by atoms with Crippen molar-refractivity contribution < 1.29 is 19.1 Å². The number of fused-ring (bicyclic) bond motifs is 1. The standard InChI is InChI=1S/C12H10BrNO4/c1-2-18-10(15)6-14-9-5-7(13)3-4-8(9)11(16)12(14)17/h3-5H,2,6H2,1H3. The molecule has 5 nitrogen and oxygen atoms in total. The average molecular weight is 312 g/mol. The maximum atomic E-state index is 11.8. The van der Waals surface area contributed by atoms with Crippen LogP contribution in [0.2, 0.25) is 0 Å². The Hall–Kier alpha value is -1.69. The molecule has 0 saturated carbocycles. The summed E-state index contributed by atoms with van der Waals surface area (Å²) in [6.07, 6.45) is 0. The van der Waals surface area contributed by atoms with Crippen LogP contribution < -0.4 is 4.90 Å². The number of benzene rings is 1. The number of carbonyl (C=O) groups excluding carboxylic acids is 3. The smallest absolute Gasteiger partial charge is 0.326 e. The highest BCUT2D eigenvalue weighted by Gasteiger charge is 2.37. The molecule has 0 aliphatic carbocycles. The second-order valence-electron chi connectivity index (χ2n) is 3.69. The maximum absolute atomic E-state index is 11.8. The number of nitrogens with zero attached hydrogens (tertiary/aromatic N) is 1. The lowest BCUT2D eigenvalue weighted by molar-refractivity contribution is -0.142. The summed E-state index contributed by atoms with van der Waals surface area (Å²) in [4.78, 5) is 36.0. The molecule has 0 bridgehead atoms. The lowest BCUT2D eigenvalue weighted by Gasteiger charge is -2.15. The van der Waals surface area contributed by atoms with Crippen LogP contribution in [0.5, 0.6) is 0 Å². The molecule has 0 aromatic heterocycles. The molecular formula is C12H10BrNO4. The summed E-state index contributed by atoms with van der Waals surface area (Å²) < 4.78 is 5.51. The fraction of sp³-hybridized carbons (Fsp3) is 0.250. The normalized spacial score (nSPS) is 13.8. The van der Waals surface area contributed by atoms with E-state index >= 15 is 0 Å². The number of carbonyl (C=O) groups is 3. The highest BCUT2D eigenvalue weighted by atomic mass is 79.9. The Balaban J connectivity index is 2.33. The summed E-state index contributed by atoms with van der Waals surface area (Å²) in [5.41, 5.74) is 0.750. The van der Waals surface area contributed by atoms with Gasteiger partial charge in [-0.2, -0.15) is 0 Å². The van der Waals surface area contributed by atoms with Gasteiger partial charge in [-0.25, -0.2) is 0 Å². The van der Waals surface area contributed by atoms with Gasteiger partial charge in [-0.1, -0.05) is 15.9 Å². The minimum atomic E-state index is -0.698. The van der Waals surface area contributed by atoms with Crippen LogP contribution in [0.25, 0.3) is 0 Å². The summed E-state index contributed by atoms with van der Waals surface area (Å²) in [7, 11) is 0. The molecule has 0 fully saturated rings. The van der Waals surface area contributed by atoms with Crippen LogP contribution in [0, 0.1) is 0 Å². The third-order valence-electron chi connectivity index (χ3n) is 2.53. The summed E-state index contributed by atoms with van der Waals surface area (Å²) >= 11 is 3.26. The molecule has 1 aliphatic heterocycles. The molecule has 0 unspecified atom stereocenters. The molecule has 1 aromatic carbocycles. The summed E-state index contributed by atoms with van der Waals surface area (Å²) in [5, 5.41) is 0. The predicted molar refractivity (Wildman–Crippen MR) is 67.5 cm³/mol. The molecule has 1 heterocycles. The van der Waals surface area contributed by atoms with Gasteiger partial charge in [-0.3, -0.25) is 19.3 Å². The monoisotopic (exact) mass is 311 g/mol. The van der Waals surface area contributed by atoms with Gasteiger partial charge in [0.15, 0.2) is 0 Å². The van der Waals surface area contributed by atoms with E-state index in [0.29, 0.717) is 11.3 Å². The number of hydrogen-bond donors (Lipinski definition) is 0. The van der Waals surface area contributed by atoms with Crippen molar-refractivity contribution in [1.29, 1.82) is 0 Å². The summed E-state index contributed by atoms with van der Waals surface area (Å²) in [6.45, 7) is 1.67. The van der Waals surface area contributed by atoms with E-state index in [-0.39, 0.29) is 13.2 Å². The molecule has 6 heteroatoms. The molecule has 0 atom stereocenters. The van der Waals surface area contributed by atoms with Crippen LogP contribution in [-0.4, -0.2) is 30.8 Å². The molecule has 0 radical (unpaired) electrons. The second kappa shape index (κ2) is 4.89. The first-order valence-electron chi connectivity index (χ1n) is 5.36. The summed E-state index contributed by atoms with van der Waals surface area (Å²) in [5.74, 6) is -1.83. The highest BCUT2D eigenvalue weighted by molar-refractivity contribution is 9.10. The van der Waals surface area contributed by atoms with Crippen LogP contribution in [-0.2, 0) is 14.3 Å². The van der Waals surface area contributed by atoms with Gasteiger partial charge in [-0.05, 0) is 25.1 Å². The highest BCUT2D eigenvalue weighted by Crippen LogP contribution is 2.31. The van der Waals surface area contributed by atoms with Gasteiger partial charge in [0.1, 0.15) is 6.54 Å². The van der Waals surface area contributed by atoms with Crippen molar-refractivity contribution in [2.24, 2.45) is 0 Å². The topological polar surface area (TPSA) is 63.7 Å². The van der Waals surface area contributed by atoms with E-state index in [1.165, 1.54) is 0 Å². The van der Waals surface area contributed by atoms with Gasteiger partial charge in [0.25, 0.3) is 11.7 Å². The van der Waals surface area contributed by atoms with E-state index in [0.717, 1.165) is 9.37 Å². The van der Waals surface area contributed by atoms with Gasteiger partial charge in [0.05, 0.1) is 17.9 Å². The van der Waals surface area contributed by atoms with Crippen LogP contribution in [0.3, 0.4) is 0 Å². The first kappa shape index (κ1) is 12.8. The molecule has 2 rings (SSSR count). The zero-order chi connectivity index (χ0) is 13.3. The van der Waals surface area contributed by atoms with Crippen molar-refractivity contribution in [2.45, 2.75) is 6.92 Å². The maximum Gasteiger partial charge on any atom is 0.326 e. The molecule has 1 aliphatic rings. The van der Waals surface area contributed by atoms with E-state index in [1.807, 2.05) is 0 Å². The first-order valence-corrected chi connectivity index (χ1v) is 6.15. The fourth-order valence-electron chi connectivity index (χ4n) is 1.76. The Morgan fingerprint density at radius 3 is 2.78 bits per heavy atom. The molecule has 1 amide bonds. The Bertz CT molecular complexity index is 541. The van der Waals surface area contributed by atoms with E-state index in [1.54, 1.807) is 25.1 Å². The number of amides is 1. The number of hydrogen-bond acceptors (Lipinski definition) is 4. The number of Topliss-reactive ketones (excluding diaryl/α,β-unsaturated/α-hetero) is 1. The second-order valence-corrected chi connectivity index (χ2v) is 4.60. The van der Waals surface area contributed by atoms with Crippen molar-refractivity contribution in [2.75, 3.05) is 18.1 Å². The zero-order valence-corrected chi connectivity index (χ0v) is 11.2. The molecule has 94 valence electrons. The van der Waals surface area contributed by atoms with Crippen molar-refractivity contribution in [1.82, 2.24) is 0 Å². The van der Waals surface area contributed by atoms with Gasteiger partial charge in [-0.15, -0.1) is 0 Å². The van der Waals surface area contributed by atoms with Crippen molar-refractivity contribution >= 4 is 39.3 Å². The van der Waals surface area contributed by atoms with Gasteiger partial charge >= 0.3 is 5.97 Å². The van der Waals surface area contributed by atoms with E-state index in [4.69, 9.17) is 4.74 Å². The molecule has 18 heavy (non-hydrogen) atoms. The number of halogens is 1. The zero-order valence-electron chi connectivity index (χ0n) is 9.60. The van der Waals surface area contributed by atoms with E-state index < -0.39 is 17.7 Å². The average Bonchev–Trinajstić information content (AvgIpc) is 2.55. The molecule has 1 aromatic rings. The molecule has 0 N–H and O–H groups in total. The lowest BCUT2D eigenvalue weighted by Crippen LogP contribution is -2.35.